The number of pyridine rings is 1. The Morgan fingerprint density at radius 3 is 2.25 bits per heavy atom. The molecular weight excluding hydrogens is 513 g/mol. The Balaban J connectivity index is 0.00000361. The minimum Gasteiger partial charge on any atom is -0.503 e. The van der Waals surface area contributed by atoms with Crippen molar-refractivity contribution in [2.75, 3.05) is 12.8 Å². The van der Waals surface area contributed by atoms with Crippen molar-refractivity contribution in [1.82, 2.24) is 14.8 Å². The monoisotopic (exact) mass is 535 g/mol. The van der Waals surface area contributed by atoms with Crippen molar-refractivity contribution in [3.8, 4) is 5.75 Å². The zero-order valence-electron chi connectivity index (χ0n) is 19.1. The van der Waals surface area contributed by atoms with Gasteiger partial charge in [0.25, 0.3) is 11.8 Å². The van der Waals surface area contributed by atoms with E-state index in [1.807, 2.05) is 0 Å². The number of amides is 2. The van der Waals surface area contributed by atoms with Crippen LogP contribution in [0.4, 0.5) is 4.39 Å². The number of carbonyl (C=O) groups excluding carboxylic acids is 2. The lowest BCUT2D eigenvalue weighted by atomic mass is 10.1. The third-order valence-electron chi connectivity index (χ3n) is 5.69. The van der Waals surface area contributed by atoms with E-state index in [0.29, 0.717) is 11.1 Å². The summed E-state index contributed by atoms with van der Waals surface area (Å²) in [5, 5.41) is 13.1. The first-order valence-electron chi connectivity index (χ1n) is 10.6. The molecule has 2 heterocycles. The zero-order chi connectivity index (χ0) is 25.3. The van der Waals surface area contributed by atoms with Crippen LogP contribution < -0.4 is 10.7 Å². The molecule has 0 atom stereocenters. The molecule has 2 N–H and O–H groups in total. The van der Waals surface area contributed by atoms with Crippen LogP contribution >= 0.6 is 12.4 Å². The minimum absolute atomic E-state index is 0. The van der Waals surface area contributed by atoms with Crippen LogP contribution in [0, 0.1) is 5.82 Å². The Bertz CT molecular complexity index is 1470. The molecular formula is C24H23ClFN3O6S. The third kappa shape index (κ3) is 5.58. The third-order valence-corrected chi connectivity index (χ3v) is 6.82. The van der Waals surface area contributed by atoms with Gasteiger partial charge in [-0.3, -0.25) is 14.4 Å². The van der Waals surface area contributed by atoms with E-state index < -0.39 is 38.6 Å². The number of nitrogens with zero attached hydrogens (tertiary/aromatic N) is 2. The molecule has 0 spiro atoms. The van der Waals surface area contributed by atoms with Crippen molar-refractivity contribution < 1.29 is 27.5 Å². The van der Waals surface area contributed by atoms with Crippen molar-refractivity contribution >= 4 is 34.1 Å². The molecule has 0 unspecified atom stereocenters. The molecule has 2 amide bonds. The van der Waals surface area contributed by atoms with Crippen molar-refractivity contribution in [2.45, 2.75) is 24.5 Å². The van der Waals surface area contributed by atoms with Crippen molar-refractivity contribution in [2.24, 2.45) is 0 Å². The van der Waals surface area contributed by atoms with Gasteiger partial charge in [0, 0.05) is 38.6 Å². The Morgan fingerprint density at radius 2 is 1.64 bits per heavy atom. The fourth-order valence-electron chi connectivity index (χ4n) is 3.79. The van der Waals surface area contributed by atoms with Crippen LogP contribution in [0.15, 0.2) is 64.4 Å². The summed E-state index contributed by atoms with van der Waals surface area (Å²) in [6, 6.07) is 11.6. The number of aromatic nitrogens is 1. The predicted octanol–water partition coefficient (Wildman–Crippen LogP) is 2.10. The van der Waals surface area contributed by atoms with E-state index in [1.165, 1.54) is 39.9 Å². The highest BCUT2D eigenvalue weighted by Gasteiger charge is 2.30. The van der Waals surface area contributed by atoms with Crippen LogP contribution in [-0.2, 0) is 29.5 Å². The number of carbonyl (C=O) groups is 2. The number of fused-ring (bicyclic) bond motifs is 1. The summed E-state index contributed by atoms with van der Waals surface area (Å²) in [4.78, 5) is 39.9. The molecule has 1 aliphatic heterocycles. The Hall–Kier alpha value is -3.70. The van der Waals surface area contributed by atoms with Gasteiger partial charge >= 0.3 is 0 Å². The Labute approximate surface area is 212 Å². The molecule has 190 valence electrons. The van der Waals surface area contributed by atoms with Crippen LogP contribution in [0.25, 0.3) is 0 Å². The van der Waals surface area contributed by atoms with Gasteiger partial charge in [0.05, 0.1) is 4.90 Å². The second-order valence-corrected chi connectivity index (χ2v) is 10.2. The largest absolute Gasteiger partial charge is 0.503 e. The van der Waals surface area contributed by atoms with Crippen LogP contribution in [0.2, 0.25) is 0 Å². The second kappa shape index (κ2) is 10.5. The highest BCUT2D eigenvalue weighted by Crippen LogP contribution is 2.22. The standard InChI is InChI=1S/C24H22FN3O6S.ClH/c1-35(33,34)18-8-4-15(5-9-18)12-26-23(31)19-14-27-10-11-28(13-16-2-6-17(25)7-3-16)24(32)20(27)22(30)21(19)29;/h2-9,14,30H,10-13H2,1H3,(H,26,31);1H. The average Bonchev–Trinajstić information content (AvgIpc) is 2.82. The Morgan fingerprint density at radius 1 is 1.03 bits per heavy atom. The highest BCUT2D eigenvalue weighted by molar-refractivity contribution is 7.90. The van der Waals surface area contributed by atoms with Gasteiger partial charge in [-0.15, -0.1) is 12.4 Å². The van der Waals surface area contributed by atoms with Gasteiger partial charge in [-0.05, 0) is 35.4 Å². The summed E-state index contributed by atoms with van der Waals surface area (Å²) in [6.45, 7) is 0.699. The summed E-state index contributed by atoms with van der Waals surface area (Å²) >= 11 is 0. The van der Waals surface area contributed by atoms with Gasteiger partial charge in [0.1, 0.15) is 11.4 Å². The van der Waals surface area contributed by atoms with Crippen LogP contribution in [0.3, 0.4) is 0 Å². The fourth-order valence-corrected chi connectivity index (χ4v) is 4.42. The number of benzene rings is 2. The van der Waals surface area contributed by atoms with Gasteiger partial charge in [-0.25, -0.2) is 12.8 Å². The van der Waals surface area contributed by atoms with Gasteiger partial charge in [0.15, 0.2) is 21.3 Å². The van der Waals surface area contributed by atoms with Crippen LogP contribution in [-0.4, -0.2) is 47.6 Å². The summed E-state index contributed by atoms with van der Waals surface area (Å²) in [5.74, 6) is -2.53. The van der Waals surface area contributed by atoms with E-state index in [0.717, 1.165) is 6.26 Å². The van der Waals surface area contributed by atoms with Gasteiger partial charge in [-0.2, -0.15) is 0 Å². The maximum atomic E-state index is 13.1. The molecule has 4 rings (SSSR count). The lowest BCUT2D eigenvalue weighted by Crippen LogP contribution is -2.42. The molecule has 0 radical (unpaired) electrons. The van der Waals surface area contributed by atoms with Crippen molar-refractivity contribution in [1.29, 1.82) is 0 Å². The maximum absolute atomic E-state index is 13.1. The fraction of sp³-hybridized carbons (Fsp3) is 0.208. The summed E-state index contributed by atoms with van der Waals surface area (Å²) in [7, 11) is -3.35. The Kier molecular flexibility index (Phi) is 7.85. The quantitative estimate of drug-likeness (QED) is 0.498. The smallest absolute Gasteiger partial charge is 0.274 e. The first-order valence-corrected chi connectivity index (χ1v) is 12.5. The molecule has 0 bridgehead atoms. The first kappa shape index (κ1) is 26.9. The van der Waals surface area contributed by atoms with Crippen molar-refractivity contribution in [3.05, 3.63) is 93.2 Å². The number of hydrogen-bond donors (Lipinski definition) is 2. The minimum atomic E-state index is -3.35. The lowest BCUT2D eigenvalue weighted by Gasteiger charge is -2.30. The molecule has 9 nitrogen and oxygen atoms in total. The zero-order valence-corrected chi connectivity index (χ0v) is 20.7. The van der Waals surface area contributed by atoms with E-state index in [-0.39, 0.29) is 54.7 Å². The SMILES string of the molecule is CS(=O)(=O)c1ccc(CNC(=O)c2cn3c(c(O)c2=O)C(=O)N(Cc2ccc(F)cc2)CC3)cc1.Cl. The molecule has 12 heteroatoms. The van der Waals surface area contributed by atoms with E-state index in [1.54, 1.807) is 24.3 Å². The van der Waals surface area contributed by atoms with Gasteiger partial charge in [0.2, 0.25) is 5.43 Å². The molecule has 0 fully saturated rings. The second-order valence-electron chi connectivity index (χ2n) is 8.21. The molecule has 0 saturated heterocycles. The van der Waals surface area contributed by atoms with Crippen molar-refractivity contribution in [3.63, 3.8) is 0 Å². The highest BCUT2D eigenvalue weighted by atomic mass is 35.5. The number of hydrogen-bond acceptors (Lipinski definition) is 6. The number of halogens is 2. The predicted molar refractivity (Wildman–Crippen MR) is 131 cm³/mol. The topological polar surface area (TPSA) is 126 Å². The number of nitrogens with one attached hydrogen (secondary N) is 1. The molecule has 2 aromatic carbocycles. The van der Waals surface area contributed by atoms with E-state index in [9.17, 15) is 32.3 Å². The summed E-state index contributed by atoms with van der Waals surface area (Å²) in [5.41, 5.74) is -0.205. The molecule has 1 aliphatic rings. The van der Waals surface area contributed by atoms with Gasteiger partial charge in [-0.1, -0.05) is 24.3 Å². The first-order chi connectivity index (χ1) is 16.5. The van der Waals surface area contributed by atoms with Gasteiger partial charge < -0.3 is 19.9 Å². The molecule has 1 aromatic heterocycles. The summed E-state index contributed by atoms with van der Waals surface area (Å²) < 4.78 is 37.6. The molecule has 0 aliphatic carbocycles. The van der Waals surface area contributed by atoms with Crippen LogP contribution in [0.1, 0.15) is 32.0 Å². The average molecular weight is 536 g/mol. The van der Waals surface area contributed by atoms with E-state index in [4.69, 9.17) is 0 Å². The normalized spacial score (nSPS) is 13.1. The number of aromatic hydroxyl groups is 1. The molecule has 3 aromatic rings. The number of sulfone groups is 1. The lowest BCUT2D eigenvalue weighted by molar-refractivity contribution is 0.0681. The van der Waals surface area contributed by atoms with E-state index >= 15 is 0 Å². The number of rotatable bonds is 6. The van der Waals surface area contributed by atoms with Crippen LogP contribution in [0.5, 0.6) is 5.75 Å². The van der Waals surface area contributed by atoms with E-state index in [2.05, 4.69) is 5.32 Å². The maximum Gasteiger partial charge on any atom is 0.274 e. The molecule has 0 saturated carbocycles. The molecule has 36 heavy (non-hydrogen) atoms. The summed E-state index contributed by atoms with van der Waals surface area (Å²) in [6.07, 6.45) is 2.33.